The molecule has 0 saturated carbocycles. The summed E-state index contributed by atoms with van der Waals surface area (Å²) >= 11 is 0. The van der Waals surface area contributed by atoms with Crippen LogP contribution in [-0.4, -0.2) is 30.2 Å². The van der Waals surface area contributed by atoms with Gasteiger partial charge in [-0.3, -0.25) is 0 Å². The summed E-state index contributed by atoms with van der Waals surface area (Å²) in [5.41, 5.74) is 0. The highest BCUT2D eigenvalue weighted by atomic mass is 16.7. The van der Waals surface area contributed by atoms with E-state index < -0.39 is 6.10 Å². The van der Waals surface area contributed by atoms with Gasteiger partial charge in [0.25, 0.3) is 0 Å². The van der Waals surface area contributed by atoms with Crippen LogP contribution in [0.2, 0.25) is 0 Å². The monoisotopic (exact) mass is 182 g/mol. The van der Waals surface area contributed by atoms with Gasteiger partial charge in [0.05, 0.1) is 12.7 Å². The number of allylic oxidation sites excluding steroid dienone is 2. The Morgan fingerprint density at radius 2 is 1.92 bits per heavy atom. The van der Waals surface area contributed by atoms with Crippen LogP contribution in [-0.2, 0) is 9.47 Å². The summed E-state index contributed by atoms with van der Waals surface area (Å²) in [6.45, 7) is 0.663. The van der Waals surface area contributed by atoms with E-state index in [1.54, 1.807) is 0 Å². The molecule has 3 rings (SSSR count). The van der Waals surface area contributed by atoms with E-state index in [0.29, 0.717) is 18.4 Å². The van der Waals surface area contributed by atoms with Crippen molar-refractivity contribution in [2.75, 3.05) is 6.61 Å². The molecule has 2 bridgehead atoms. The maximum atomic E-state index is 9.91. The number of ether oxygens (including phenoxy) is 2. The lowest BCUT2D eigenvalue weighted by atomic mass is 9.75. The molecule has 3 nitrogen and oxygen atoms in total. The highest BCUT2D eigenvalue weighted by Crippen LogP contribution is 2.42. The van der Waals surface area contributed by atoms with Crippen molar-refractivity contribution in [3.63, 3.8) is 0 Å². The van der Waals surface area contributed by atoms with Gasteiger partial charge in [-0.05, 0) is 24.7 Å². The van der Waals surface area contributed by atoms with Crippen molar-refractivity contribution >= 4 is 0 Å². The number of fused-ring (bicyclic) bond motifs is 4. The number of rotatable bonds is 0. The smallest absolute Gasteiger partial charge is 0.184 e. The highest BCUT2D eigenvalue weighted by molar-refractivity contribution is 5.03. The first-order valence-electron chi connectivity index (χ1n) is 4.96. The van der Waals surface area contributed by atoms with Crippen LogP contribution in [0.15, 0.2) is 12.2 Å². The minimum Gasteiger partial charge on any atom is -0.388 e. The Hall–Kier alpha value is -0.380. The van der Waals surface area contributed by atoms with Gasteiger partial charge in [-0.1, -0.05) is 12.2 Å². The molecule has 2 heterocycles. The number of aliphatic hydroxyl groups excluding tert-OH is 1. The van der Waals surface area contributed by atoms with Crippen LogP contribution in [0.4, 0.5) is 0 Å². The van der Waals surface area contributed by atoms with Gasteiger partial charge >= 0.3 is 0 Å². The molecular weight excluding hydrogens is 168 g/mol. The molecule has 0 unspecified atom stereocenters. The second-order valence-corrected chi connectivity index (χ2v) is 4.14. The molecule has 0 aromatic rings. The first-order chi connectivity index (χ1) is 6.36. The van der Waals surface area contributed by atoms with Crippen molar-refractivity contribution in [1.29, 1.82) is 0 Å². The normalized spacial score (nSPS) is 53.5. The fourth-order valence-electron chi connectivity index (χ4n) is 2.72. The summed E-state index contributed by atoms with van der Waals surface area (Å²) in [6, 6.07) is 0. The van der Waals surface area contributed by atoms with Crippen molar-refractivity contribution in [2.45, 2.75) is 31.3 Å². The number of hydrogen-bond acceptors (Lipinski definition) is 3. The molecule has 0 spiro atoms. The second-order valence-electron chi connectivity index (χ2n) is 4.14. The van der Waals surface area contributed by atoms with Gasteiger partial charge in [-0.25, -0.2) is 0 Å². The Bertz CT molecular complexity index is 230. The zero-order chi connectivity index (χ0) is 8.84. The average molecular weight is 182 g/mol. The van der Waals surface area contributed by atoms with Crippen molar-refractivity contribution in [3.8, 4) is 0 Å². The summed E-state index contributed by atoms with van der Waals surface area (Å²) in [4.78, 5) is 0. The van der Waals surface area contributed by atoms with Crippen LogP contribution in [0, 0.1) is 11.8 Å². The van der Waals surface area contributed by atoms with E-state index in [0.717, 1.165) is 12.8 Å². The highest BCUT2D eigenvalue weighted by Gasteiger charge is 2.49. The summed E-state index contributed by atoms with van der Waals surface area (Å²) in [5, 5.41) is 9.91. The molecule has 3 aliphatic rings. The van der Waals surface area contributed by atoms with E-state index in [1.165, 1.54) is 0 Å². The first-order valence-corrected chi connectivity index (χ1v) is 4.96. The van der Waals surface area contributed by atoms with Crippen molar-refractivity contribution < 1.29 is 14.6 Å². The molecule has 0 amide bonds. The van der Waals surface area contributed by atoms with Crippen LogP contribution in [0.5, 0.6) is 0 Å². The predicted molar refractivity (Wildman–Crippen MR) is 46.0 cm³/mol. The Labute approximate surface area is 77.3 Å². The fraction of sp³-hybridized carbons (Fsp3) is 0.800. The summed E-state index contributed by atoms with van der Waals surface area (Å²) in [5.74, 6) is 0.829. The molecule has 1 N–H and O–H groups in total. The lowest BCUT2D eigenvalue weighted by Gasteiger charge is -2.39. The van der Waals surface area contributed by atoms with Crippen LogP contribution in [0.1, 0.15) is 12.8 Å². The molecule has 3 heteroatoms. The van der Waals surface area contributed by atoms with Gasteiger partial charge in [0, 0.05) is 0 Å². The zero-order valence-electron chi connectivity index (χ0n) is 7.43. The number of hydrogen-bond donors (Lipinski definition) is 1. The van der Waals surface area contributed by atoms with Crippen LogP contribution < -0.4 is 0 Å². The largest absolute Gasteiger partial charge is 0.388 e. The predicted octanol–water partition coefficient (Wildman–Crippen LogP) is 0.685. The second kappa shape index (κ2) is 2.80. The molecule has 0 aromatic heterocycles. The third kappa shape index (κ3) is 1.08. The summed E-state index contributed by atoms with van der Waals surface area (Å²) in [6.07, 6.45) is 5.81. The molecule has 2 saturated heterocycles. The van der Waals surface area contributed by atoms with E-state index in [2.05, 4.69) is 12.2 Å². The number of aliphatic hydroxyl groups is 1. The van der Waals surface area contributed by atoms with E-state index in [9.17, 15) is 5.11 Å². The molecule has 0 aromatic carbocycles. The first kappa shape index (κ1) is 7.97. The van der Waals surface area contributed by atoms with Crippen LogP contribution in [0.25, 0.3) is 0 Å². The van der Waals surface area contributed by atoms with Gasteiger partial charge < -0.3 is 14.6 Å². The average Bonchev–Trinajstić information content (AvgIpc) is 2.61. The van der Waals surface area contributed by atoms with Gasteiger partial charge in [-0.15, -0.1) is 0 Å². The molecule has 1 aliphatic carbocycles. The Morgan fingerprint density at radius 3 is 2.77 bits per heavy atom. The molecule has 5 atom stereocenters. The fourth-order valence-corrected chi connectivity index (χ4v) is 2.72. The Kier molecular flexibility index (Phi) is 1.72. The molecule has 13 heavy (non-hydrogen) atoms. The van der Waals surface area contributed by atoms with Crippen molar-refractivity contribution in [2.24, 2.45) is 11.8 Å². The van der Waals surface area contributed by atoms with Crippen LogP contribution >= 0.6 is 0 Å². The lowest BCUT2D eigenvalue weighted by Crippen LogP contribution is -2.47. The van der Waals surface area contributed by atoms with Crippen molar-refractivity contribution in [3.05, 3.63) is 12.2 Å². The quantitative estimate of drug-likeness (QED) is 0.560. The molecule has 2 aliphatic heterocycles. The minimum atomic E-state index is -0.423. The molecular formula is C10H14O3. The van der Waals surface area contributed by atoms with Crippen molar-refractivity contribution in [1.82, 2.24) is 0 Å². The van der Waals surface area contributed by atoms with Crippen LogP contribution in [0.3, 0.4) is 0 Å². The zero-order valence-corrected chi connectivity index (χ0v) is 7.43. The van der Waals surface area contributed by atoms with Gasteiger partial charge in [0.2, 0.25) is 0 Å². The van der Waals surface area contributed by atoms with E-state index in [4.69, 9.17) is 9.47 Å². The third-order valence-electron chi connectivity index (χ3n) is 3.46. The Balaban J connectivity index is 1.90. The van der Waals surface area contributed by atoms with Gasteiger partial charge in [-0.2, -0.15) is 0 Å². The van der Waals surface area contributed by atoms with Gasteiger partial charge in [0.15, 0.2) is 6.29 Å². The standard InChI is InChI=1S/C10H14O3/c11-9-7-4-2-1-3-6(7)8-5-12-10(9)13-8/h1-2,6-11H,3-5H2/t6-,7+,8+,9-,10+/m0/s1. The van der Waals surface area contributed by atoms with E-state index in [1.807, 2.05) is 0 Å². The molecule has 2 fully saturated rings. The topological polar surface area (TPSA) is 38.7 Å². The third-order valence-corrected chi connectivity index (χ3v) is 3.46. The van der Waals surface area contributed by atoms with E-state index >= 15 is 0 Å². The minimum absolute atomic E-state index is 0.225. The van der Waals surface area contributed by atoms with Gasteiger partial charge in [0.1, 0.15) is 6.10 Å². The molecule has 72 valence electrons. The summed E-state index contributed by atoms with van der Waals surface area (Å²) < 4.78 is 11.0. The Morgan fingerprint density at radius 1 is 1.15 bits per heavy atom. The maximum absolute atomic E-state index is 9.91. The molecule has 0 radical (unpaired) electrons. The SMILES string of the molecule is O[C@@H]1[C@@H]2OC[C@@H](O2)[C@H]2CC=CC[C@@H]12. The summed E-state index contributed by atoms with van der Waals surface area (Å²) in [7, 11) is 0. The maximum Gasteiger partial charge on any atom is 0.184 e. The lowest BCUT2D eigenvalue weighted by molar-refractivity contribution is -0.193. The van der Waals surface area contributed by atoms with E-state index in [-0.39, 0.29) is 12.4 Å².